The van der Waals surface area contributed by atoms with Crippen LogP contribution in [0.15, 0.2) is 40.3 Å². The third-order valence-corrected chi connectivity index (χ3v) is 4.15. The van der Waals surface area contributed by atoms with Crippen LogP contribution < -0.4 is 11.3 Å². The molecule has 1 aliphatic rings. The molecule has 2 N–H and O–H groups in total. The van der Waals surface area contributed by atoms with Gasteiger partial charge < -0.3 is 5.73 Å². The Bertz CT molecular complexity index is 722. The standard InChI is InChI=1S/C13H11N3O2S/c1-7-2-4-8(5-3-7)11-12(18)16-10(17)6-9(14)15-13(16)19-11/h2-6,11H,14H2,1H3. The van der Waals surface area contributed by atoms with Crippen molar-refractivity contribution in [3.63, 3.8) is 0 Å². The Hall–Kier alpha value is -2.08. The van der Waals surface area contributed by atoms with Gasteiger partial charge in [-0.05, 0) is 12.5 Å². The molecule has 96 valence electrons. The number of fused-ring (bicyclic) bond motifs is 1. The molecule has 0 saturated carbocycles. The van der Waals surface area contributed by atoms with E-state index in [1.54, 1.807) is 0 Å². The second-order valence-electron chi connectivity index (χ2n) is 4.38. The number of anilines is 1. The molecule has 0 spiro atoms. The molecule has 0 aliphatic carbocycles. The molecule has 0 fully saturated rings. The fraction of sp³-hybridized carbons (Fsp3) is 0.154. The average molecular weight is 273 g/mol. The number of nitrogens with zero attached hydrogens (tertiary/aromatic N) is 2. The van der Waals surface area contributed by atoms with E-state index in [0.29, 0.717) is 5.16 Å². The van der Waals surface area contributed by atoms with Crippen molar-refractivity contribution in [2.24, 2.45) is 0 Å². The highest BCUT2D eigenvalue weighted by Gasteiger charge is 2.34. The largest absolute Gasteiger partial charge is 0.383 e. The van der Waals surface area contributed by atoms with Crippen molar-refractivity contribution in [2.45, 2.75) is 17.3 Å². The molecule has 0 radical (unpaired) electrons. The molecule has 3 rings (SSSR count). The van der Waals surface area contributed by atoms with Crippen molar-refractivity contribution in [1.82, 2.24) is 9.55 Å². The summed E-state index contributed by atoms with van der Waals surface area (Å²) in [5, 5.41) is -0.0665. The zero-order valence-corrected chi connectivity index (χ0v) is 11.0. The highest BCUT2D eigenvalue weighted by atomic mass is 32.2. The van der Waals surface area contributed by atoms with Crippen molar-refractivity contribution < 1.29 is 4.79 Å². The zero-order chi connectivity index (χ0) is 13.6. The molecule has 1 aromatic carbocycles. The van der Waals surface area contributed by atoms with E-state index in [0.717, 1.165) is 15.7 Å². The van der Waals surface area contributed by atoms with Gasteiger partial charge in [-0.3, -0.25) is 9.59 Å². The highest BCUT2D eigenvalue weighted by molar-refractivity contribution is 8.00. The van der Waals surface area contributed by atoms with Crippen LogP contribution in [0.3, 0.4) is 0 Å². The topological polar surface area (TPSA) is 78.0 Å². The zero-order valence-electron chi connectivity index (χ0n) is 10.2. The van der Waals surface area contributed by atoms with Gasteiger partial charge in [0.15, 0.2) is 5.16 Å². The summed E-state index contributed by atoms with van der Waals surface area (Å²) in [5.41, 5.74) is 7.10. The summed E-state index contributed by atoms with van der Waals surface area (Å²) in [6.07, 6.45) is 0. The molecule has 19 heavy (non-hydrogen) atoms. The number of carbonyl (C=O) groups excluding carboxylic acids is 1. The summed E-state index contributed by atoms with van der Waals surface area (Å²) in [6, 6.07) is 8.84. The van der Waals surface area contributed by atoms with Crippen LogP contribution >= 0.6 is 11.8 Å². The number of hydrogen-bond acceptors (Lipinski definition) is 5. The van der Waals surface area contributed by atoms with Crippen LogP contribution in [0.4, 0.5) is 5.82 Å². The molecule has 0 bridgehead atoms. The molecular weight excluding hydrogens is 262 g/mol. The minimum absolute atomic E-state index is 0.140. The number of carbonyl (C=O) groups is 1. The highest BCUT2D eigenvalue weighted by Crippen LogP contribution is 2.40. The summed E-state index contributed by atoms with van der Waals surface area (Å²) in [7, 11) is 0. The van der Waals surface area contributed by atoms with Gasteiger partial charge in [0.1, 0.15) is 11.1 Å². The minimum atomic E-state index is -0.428. The molecule has 0 amide bonds. The van der Waals surface area contributed by atoms with E-state index in [9.17, 15) is 9.59 Å². The maximum absolute atomic E-state index is 12.3. The Morgan fingerprint density at radius 1 is 1.26 bits per heavy atom. The first kappa shape index (κ1) is 12.0. The number of rotatable bonds is 1. The van der Waals surface area contributed by atoms with Crippen LogP contribution in [-0.2, 0) is 0 Å². The molecule has 1 aromatic heterocycles. The van der Waals surface area contributed by atoms with Gasteiger partial charge >= 0.3 is 0 Å². The molecule has 0 saturated heterocycles. The lowest BCUT2D eigenvalue weighted by Gasteiger charge is -2.06. The lowest BCUT2D eigenvalue weighted by molar-refractivity contribution is 0.0903. The van der Waals surface area contributed by atoms with Crippen molar-refractivity contribution in [3.8, 4) is 0 Å². The quantitative estimate of drug-likeness (QED) is 0.799. The maximum atomic E-state index is 12.3. The number of aryl methyl sites for hydroxylation is 1. The third-order valence-electron chi connectivity index (χ3n) is 2.96. The van der Waals surface area contributed by atoms with Crippen LogP contribution in [0.5, 0.6) is 0 Å². The Balaban J connectivity index is 2.06. The fourth-order valence-corrected chi connectivity index (χ4v) is 3.14. The van der Waals surface area contributed by atoms with E-state index < -0.39 is 10.8 Å². The molecule has 2 heterocycles. The van der Waals surface area contributed by atoms with Gasteiger partial charge in [0.2, 0.25) is 0 Å². The van der Waals surface area contributed by atoms with Crippen LogP contribution in [0, 0.1) is 6.92 Å². The Labute approximate surface area is 113 Å². The summed E-state index contributed by atoms with van der Waals surface area (Å²) >= 11 is 1.25. The van der Waals surface area contributed by atoms with Gasteiger partial charge in [0.25, 0.3) is 11.5 Å². The first-order valence-corrected chi connectivity index (χ1v) is 6.61. The van der Waals surface area contributed by atoms with Gasteiger partial charge in [0, 0.05) is 6.07 Å². The molecule has 1 aliphatic heterocycles. The second kappa shape index (κ2) is 4.24. The molecule has 5 nitrogen and oxygen atoms in total. The van der Waals surface area contributed by atoms with Gasteiger partial charge in [-0.2, -0.15) is 0 Å². The summed E-state index contributed by atoms with van der Waals surface area (Å²) < 4.78 is 1.09. The predicted octanol–water partition coefficient (Wildman–Crippen LogP) is 1.62. The Kier molecular flexibility index (Phi) is 2.67. The summed E-state index contributed by atoms with van der Waals surface area (Å²) in [5.74, 6) is -0.123. The third kappa shape index (κ3) is 1.94. The lowest BCUT2D eigenvalue weighted by atomic mass is 10.1. The van der Waals surface area contributed by atoms with Crippen LogP contribution in [0.2, 0.25) is 0 Å². The minimum Gasteiger partial charge on any atom is -0.383 e. The van der Waals surface area contributed by atoms with E-state index in [1.165, 1.54) is 17.8 Å². The van der Waals surface area contributed by atoms with Crippen molar-refractivity contribution in [2.75, 3.05) is 5.73 Å². The predicted molar refractivity (Wildman–Crippen MR) is 73.3 cm³/mol. The molecule has 6 heteroatoms. The number of thioether (sulfide) groups is 1. The Morgan fingerprint density at radius 2 is 1.95 bits per heavy atom. The van der Waals surface area contributed by atoms with Gasteiger partial charge in [-0.25, -0.2) is 9.55 Å². The van der Waals surface area contributed by atoms with Crippen molar-refractivity contribution in [3.05, 3.63) is 51.8 Å². The fourth-order valence-electron chi connectivity index (χ4n) is 1.98. The molecule has 1 atom stereocenters. The molecule has 2 aromatic rings. The SMILES string of the molecule is Cc1ccc(C2Sc3nc(N)cc(=O)n3C2=O)cc1. The van der Waals surface area contributed by atoms with E-state index in [4.69, 9.17) is 5.73 Å². The average Bonchev–Trinajstić information content (AvgIpc) is 2.67. The van der Waals surface area contributed by atoms with E-state index >= 15 is 0 Å². The van der Waals surface area contributed by atoms with Crippen molar-refractivity contribution in [1.29, 1.82) is 0 Å². The molecule has 1 unspecified atom stereocenters. The summed E-state index contributed by atoms with van der Waals surface area (Å²) in [6.45, 7) is 1.98. The van der Waals surface area contributed by atoms with Crippen LogP contribution in [-0.4, -0.2) is 15.5 Å². The summed E-state index contributed by atoms with van der Waals surface area (Å²) in [4.78, 5) is 28.1. The smallest absolute Gasteiger partial charge is 0.263 e. The van der Waals surface area contributed by atoms with Crippen molar-refractivity contribution >= 4 is 23.5 Å². The number of benzene rings is 1. The van der Waals surface area contributed by atoms with Gasteiger partial charge in [-0.1, -0.05) is 41.6 Å². The number of hydrogen-bond donors (Lipinski definition) is 1. The van der Waals surface area contributed by atoms with Gasteiger partial charge in [0.05, 0.1) is 0 Å². The first-order chi connectivity index (χ1) is 9.06. The second-order valence-corrected chi connectivity index (χ2v) is 5.46. The number of nitrogen functional groups attached to an aromatic ring is 1. The van der Waals surface area contributed by atoms with Gasteiger partial charge in [-0.15, -0.1) is 0 Å². The molecular formula is C13H11N3O2S. The lowest BCUT2D eigenvalue weighted by Crippen LogP contribution is -2.26. The monoisotopic (exact) mass is 273 g/mol. The number of nitrogens with two attached hydrogens (primary N) is 1. The maximum Gasteiger partial charge on any atom is 0.263 e. The van der Waals surface area contributed by atoms with E-state index in [1.807, 2.05) is 31.2 Å². The first-order valence-electron chi connectivity index (χ1n) is 5.73. The van der Waals surface area contributed by atoms with Crippen LogP contribution in [0.25, 0.3) is 0 Å². The Morgan fingerprint density at radius 3 is 2.63 bits per heavy atom. The van der Waals surface area contributed by atoms with E-state index in [2.05, 4.69) is 4.98 Å². The van der Waals surface area contributed by atoms with E-state index in [-0.39, 0.29) is 11.7 Å². The van der Waals surface area contributed by atoms with Crippen LogP contribution in [0.1, 0.15) is 21.2 Å². The normalized spacial score (nSPS) is 17.5. The number of aromatic nitrogens is 2.